The van der Waals surface area contributed by atoms with Gasteiger partial charge in [-0.15, -0.1) is 0 Å². The summed E-state index contributed by atoms with van der Waals surface area (Å²) in [6.07, 6.45) is 0.998. The van der Waals surface area contributed by atoms with Crippen LogP contribution in [0.1, 0.15) is 40.5 Å². The van der Waals surface area contributed by atoms with E-state index in [9.17, 15) is 14.4 Å². The number of imide groups is 1. The van der Waals surface area contributed by atoms with Crippen LogP contribution in [0.5, 0.6) is 0 Å². The number of nitrogens with zero attached hydrogens (tertiary/aromatic N) is 2. The average Bonchev–Trinajstić information content (AvgIpc) is 2.88. The van der Waals surface area contributed by atoms with Crippen LogP contribution in [-0.2, 0) is 9.59 Å². The highest BCUT2D eigenvalue weighted by Gasteiger charge is 2.49. The van der Waals surface area contributed by atoms with Crippen LogP contribution in [-0.4, -0.2) is 47.9 Å². The van der Waals surface area contributed by atoms with Crippen molar-refractivity contribution in [1.82, 2.24) is 10.2 Å². The van der Waals surface area contributed by atoms with Crippen molar-refractivity contribution >= 4 is 29.2 Å². The third-order valence-corrected chi connectivity index (χ3v) is 5.03. The highest BCUT2D eigenvalue weighted by Crippen LogP contribution is 2.25. The highest BCUT2D eigenvalue weighted by molar-refractivity contribution is 6.10. The van der Waals surface area contributed by atoms with E-state index in [-0.39, 0.29) is 12.5 Å². The lowest BCUT2D eigenvalue weighted by atomic mass is 9.93. The van der Waals surface area contributed by atoms with Crippen LogP contribution in [0.15, 0.2) is 24.3 Å². The van der Waals surface area contributed by atoms with Crippen LogP contribution in [0.2, 0.25) is 0 Å². The van der Waals surface area contributed by atoms with Crippen molar-refractivity contribution in [3.05, 3.63) is 24.3 Å². The molecule has 1 aromatic rings. The van der Waals surface area contributed by atoms with Crippen molar-refractivity contribution in [3.63, 3.8) is 0 Å². The Hall–Kier alpha value is -2.57. The van der Waals surface area contributed by atoms with E-state index >= 15 is 0 Å². The Bertz CT molecular complexity index is 664. The number of nitrogens with one attached hydrogen (secondary N) is 2. The Balaban J connectivity index is 2.01. The standard InChI is InChI=1S/C19H28N4O3/c1-5-19(6-2)17(25)23(18(26)21-19)13-16(24)20-14-9-11-15(12-10-14)22(7-3)8-4/h9-12H,5-8,13H2,1-4H3,(H,20,24)(H,21,26). The van der Waals surface area contributed by atoms with Crippen LogP contribution in [0.25, 0.3) is 0 Å². The fraction of sp³-hybridized carbons (Fsp3) is 0.526. The van der Waals surface area contributed by atoms with E-state index in [1.54, 1.807) is 0 Å². The van der Waals surface area contributed by atoms with E-state index < -0.39 is 17.5 Å². The molecule has 1 heterocycles. The first-order valence-electron chi connectivity index (χ1n) is 9.19. The normalized spacial score (nSPS) is 15.8. The number of urea groups is 1. The fourth-order valence-electron chi connectivity index (χ4n) is 3.24. The van der Waals surface area contributed by atoms with Crippen LogP contribution in [0.3, 0.4) is 0 Å². The lowest BCUT2D eigenvalue weighted by molar-refractivity contribution is -0.134. The van der Waals surface area contributed by atoms with E-state index in [0.717, 1.165) is 23.7 Å². The van der Waals surface area contributed by atoms with Gasteiger partial charge in [0.1, 0.15) is 12.1 Å². The van der Waals surface area contributed by atoms with Gasteiger partial charge in [0.05, 0.1) is 0 Å². The van der Waals surface area contributed by atoms with Crippen LogP contribution in [0.4, 0.5) is 16.2 Å². The molecule has 7 heteroatoms. The summed E-state index contributed by atoms with van der Waals surface area (Å²) < 4.78 is 0. The molecule has 1 saturated heterocycles. The van der Waals surface area contributed by atoms with Gasteiger partial charge in [0.15, 0.2) is 0 Å². The summed E-state index contributed by atoms with van der Waals surface area (Å²) in [5.74, 6) is -0.730. The molecule has 1 aliphatic heterocycles. The van der Waals surface area contributed by atoms with Crippen LogP contribution in [0, 0.1) is 0 Å². The number of anilines is 2. The Morgan fingerprint density at radius 3 is 2.12 bits per heavy atom. The minimum absolute atomic E-state index is 0.287. The fourth-order valence-corrected chi connectivity index (χ4v) is 3.24. The quantitative estimate of drug-likeness (QED) is 0.698. The molecule has 0 saturated carbocycles. The first kappa shape index (κ1) is 19.8. The Kier molecular flexibility index (Phi) is 6.23. The second-order valence-corrected chi connectivity index (χ2v) is 6.38. The maximum Gasteiger partial charge on any atom is 0.325 e. The van der Waals surface area contributed by atoms with Crippen LogP contribution < -0.4 is 15.5 Å². The number of rotatable bonds is 8. The summed E-state index contributed by atoms with van der Waals surface area (Å²) >= 11 is 0. The Labute approximate surface area is 154 Å². The lowest BCUT2D eigenvalue weighted by Crippen LogP contribution is -2.46. The number of carbonyl (C=O) groups excluding carboxylic acids is 3. The summed E-state index contributed by atoms with van der Waals surface area (Å²) in [6, 6.07) is 7.01. The van der Waals surface area contributed by atoms with Crippen molar-refractivity contribution in [2.45, 2.75) is 46.1 Å². The molecule has 0 spiro atoms. The molecule has 0 aromatic heterocycles. The summed E-state index contributed by atoms with van der Waals surface area (Å²) in [7, 11) is 0. The predicted molar refractivity (Wildman–Crippen MR) is 102 cm³/mol. The van der Waals surface area contributed by atoms with Gasteiger partial charge in [-0.1, -0.05) is 13.8 Å². The minimum Gasteiger partial charge on any atom is -0.372 e. The van der Waals surface area contributed by atoms with Gasteiger partial charge < -0.3 is 15.5 Å². The number of hydrogen-bond donors (Lipinski definition) is 2. The van der Waals surface area contributed by atoms with Gasteiger partial charge in [-0.25, -0.2) is 4.79 Å². The molecule has 0 radical (unpaired) electrons. The first-order chi connectivity index (χ1) is 12.4. The summed E-state index contributed by atoms with van der Waals surface area (Å²) in [5.41, 5.74) is 0.830. The highest BCUT2D eigenvalue weighted by atomic mass is 16.2. The van der Waals surface area contributed by atoms with Crippen molar-refractivity contribution < 1.29 is 14.4 Å². The number of amides is 4. The number of carbonyl (C=O) groups is 3. The number of benzene rings is 1. The van der Waals surface area contributed by atoms with Crippen molar-refractivity contribution in [2.75, 3.05) is 29.9 Å². The molecular weight excluding hydrogens is 332 g/mol. The molecule has 1 aromatic carbocycles. The molecule has 0 unspecified atom stereocenters. The molecular formula is C19H28N4O3. The van der Waals surface area contributed by atoms with E-state index in [0.29, 0.717) is 18.5 Å². The van der Waals surface area contributed by atoms with Gasteiger partial charge in [0.25, 0.3) is 5.91 Å². The topological polar surface area (TPSA) is 81.8 Å². The number of hydrogen-bond acceptors (Lipinski definition) is 4. The van der Waals surface area contributed by atoms with Crippen molar-refractivity contribution in [2.24, 2.45) is 0 Å². The maximum absolute atomic E-state index is 12.5. The van der Waals surface area contributed by atoms with Crippen molar-refractivity contribution in [1.29, 1.82) is 0 Å². The zero-order valence-electron chi connectivity index (χ0n) is 16.0. The van der Waals surface area contributed by atoms with Gasteiger partial charge in [-0.3, -0.25) is 14.5 Å². The lowest BCUT2D eigenvalue weighted by Gasteiger charge is -2.23. The predicted octanol–water partition coefficient (Wildman–Crippen LogP) is 2.58. The van der Waals surface area contributed by atoms with Crippen molar-refractivity contribution in [3.8, 4) is 0 Å². The van der Waals surface area contributed by atoms with Gasteiger partial charge in [0.2, 0.25) is 5.91 Å². The van der Waals surface area contributed by atoms with E-state index in [4.69, 9.17) is 0 Å². The average molecular weight is 360 g/mol. The summed E-state index contributed by atoms with van der Waals surface area (Å²) in [5, 5.41) is 5.46. The smallest absolute Gasteiger partial charge is 0.325 e. The van der Waals surface area contributed by atoms with E-state index in [1.165, 1.54) is 0 Å². The zero-order valence-corrected chi connectivity index (χ0v) is 16.0. The molecule has 142 valence electrons. The largest absolute Gasteiger partial charge is 0.372 e. The monoisotopic (exact) mass is 360 g/mol. The summed E-state index contributed by atoms with van der Waals surface area (Å²) in [6.45, 7) is 9.40. The second-order valence-electron chi connectivity index (χ2n) is 6.38. The SMILES string of the molecule is CCN(CC)c1ccc(NC(=O)CN2C(=O)NC(CC)(CC)C2=O)cc1. The molecule has 1 fully saturated rings. The minimum atomic E-state index is -0.886. The third kappa shape index (κ3) is 3.81. The molecule has 4 amide bonds. The van der Waals surface area contributed by atoms with Crippen LogP contribution >= 0.6 is 0 Å². The Morgan fingerprint density at radius 2 is 1.65 bits per heavy atom. The molecule has 2 N–H and O–H groups in total. The zero-order chi connectivity index (χ0) is 19.3. The van der Waals surface area contributed by atoms with Gasteiger partial charge in [0, 0.05) is 24.5 Å². The maximum atomic E-state index is 12.5. The van der Waals surface area contributed by atoms with Gasteiger partial charge >= 0.3 is 6.03 Å². The molecule has 2 rings (SSSR count). The summed E-state index contributed by atoms with van der Waals surface area (Å²) in [4.78, 5) is 40.1. The van der Waals surface area contributed by atoms with E-state index in [2.05, 4.69) is 29.4 Å². The van der Waals surface area contributed by atoms with Gasteiger partial charge in [-0.05, 0) is 51.0 Å². The molecule has 0 bridgehead atoms. The second kappa shape index (κ2) is 8.21. The Morgan fingerprint density at radius 1 is 1.08 bits per heavy atom. The van der Waals surface area contributed by atoms with E-state index in [1.807, 2.05) is 38.1 Å². The molecule has 7 nitrogen and oxygen atoms in total. The molecule has 0 aliphatic carbocycles. The molecule has 26 heavy (non-hydrogen) atoms. The van der Waals surface area contributed by atoms with Gasteiger partial charge in [-0.2, -0.15) is 0 Å². The third-order valence-electron chi connectivity index (χ3n) is 5.03. The first-order valence-corrected chi connectivity index (χ1v) is 9.19. The molecule has 1 aliphatic rings. The molecule has 0 atom stereocenters.